The summed E-state index contributed by atoms with van der Waals surface area (Å²) >= 11 is 0. The first-order valence-corrected chi connectivity index (χ1v) is 28.1. The van der Waals surface area contributed by atoms with E-state index in [4.69, 9.17) is 4.42 Å². The van der Waals surface area contributed by atoms with Crippen molar-refractivity contribution in [3.8, 4) is 0 Å². The quantitative estimate of drug-likeness (QED) is 0.161. The van der Waals surface area contributed by atoms with E-state index in [1.54, 1.807) is 0 Å². The molecule has 5 aromatic carbocycles. The first-order valence-electron chi connectivity index (χ1n) is 28.1. The van der Waals surface area contributed by atoms with E-state index in [2.05, 4.69) is 214 Å². The van der Waals surface area contributed by atoms with E-state index >= 15 is 0 Å². The maximum absolute atomic E-state index is 7.80. The lowest BCUT2D eigenvalue weighted by Crippen LogP contribution is -2.61. The van der Waals surface area contributed by atoms with Crippen molar-refractivity contribution >= 4 is 68.4 Å². The van der Waals surface area contributed by atoms with Gasteiger partial charge >= 0.3 is 0 Å². The molecule has 6 aromatic rings. The van der Waals surface area contributed by atoms with E-state index in [1.807, 2.05) is 0 Å². The third-order valence-corrected chi connectivity index (χ3v) is 20.7. The average Bonchev–Trinajstić information content (AvgIpc) is 3.67. The van der Waals surface area contributed by atoms with Gasteiger partial charge in [-0.2, -0.15) is 0 Å². The van der Waals surface area contributed by atoms with Crippen LogP contribution in [0.4, 0.5) is 34.1 Å². The minimum absolute atomic E-state index is 0.0304. The normalized spacial score (nSPS) is 22.7. The highest BCUT2D eigenvalue weighted by molar-refractivity contribution is 7.00. The van der Waals surface area contributed by atoms with E-state index in [0.29, 0.717) is 0 Å². The predicted molar refractivity (Wildman–Crippen MR) is 310 cm³/mol. The number of hydrogen-bond acceptors (Lipinski definition) is 3. The number of hydrogen-bond donors (Lipinski definition) is 0. The third-order valence-electron chi connectivity index (χ3n) is 20.7. The second kappa shape index (κ2) is 14.6. The van der Waals surface area contributed by atoms with Crippen LogP contribution in [0.15, 0.2) is 77.2 Å². The zero-order chi connectivity index (χ0) is 51.6. The highest BCUT2D eigenvalue weighted by Gasteiger charge is 2.51. The minimum atomic E-state index is -0.127. The summed E-state index contributed by atoms with van der Waals surface area (Å²) in [6, 6.07) is 30.8. The lowest BCUT2D eigenvalue weighted by molar-refractivity contribution is 0.332. The molecule has 1 aromatic heterocycles. The van der Waals surface area contributed by atoms with E-state index < -0.39 is 0 Å². The van der Waals surface area contributed by atoms with Crippen LogP contribution in [0.3, 0.4) is 0 Å². The number of benzene rings is 5. The largest absolute Gasteiger partial charge is 0.468 e. The average molecular weight is 957 g/mol. The predicted octanol–water partition coefficient (Wildman–Crippen LogP) is 17.2. The van der Waals surface area contributed by atoms with Gasteiger partial charge in [0.25, 0.3) is 6.71 Å². The number of nitrogens with zero attached hydrogens (tertiary/aromatic N) is 2. The van der Waals surface area contributed by atoms with Gasteiger partial charge in [-0.1, -0.05) is 150 Å². The van der Waals surface area contributed by atoms with Crippen molar-refractivity contribution in [3.63, 3.8) is 0 Å². The Labute approximate surface area is 435 Å². The van der Waals surface area contributed by atoms with E-state index in [0.717, 1.165) is 17.7 Å². The van der Waals surface area contributed by atoms with Crippen molar-refractivity contribution < 1.29 is 4.42 Å². The summed E-state index contributed by atoms with van der Waals surface area (Å²) in [5.74, 6) is 0. The molecule has 0 fully saturated rings. The van der Waals surface area contributed by atoms with Crippen molar-refractivity contribution in [3.05, 3.63) is 123 Å². The van der Waals surface area contributed by atoms with Gasteiger partial charge in [-0.05, 0) is 216 Å². The van der Waals surface area contributed by atoms with Crippen LogP contribution in [0.1, 0.15) is 233 Å². The SMILES string of the molecule is CC(C)(C)c1cc2c3c(c1)N(c1ccc4c(c1)C(C)(C)CCC4(C)C)c1c(oc4cc5c(cc14)C(C)(C)CCC5(C)C)B3c1cc3c(cc1N2c1ccc2c(c1)C(C)(C)CCC2(C)C)C(C)(C)CCC3(C)C. The summed E-state index contributed by atoms with van der Waals surface area (Å²) in [6.07, 6.45) is 9.40. The van der Waals surface area contributed by atoms with Gasteiger partial charge in [-0.15, -0.1) is 0 Å². The molecule has 3 nitrogen and oxygen atoms in total. The molecule has 0 saturated heterocycles. The lowest BCUT2D eigenvalue weighted by Gasteiger charge is -2.47. The Morgan fingerprint density at radius 1 is 0.403 bits per heavy atom. The number of fused-ring (bicyclic) bond motifs is 10. The van der Waals surface area contributed by atoms with Crippen LogP contribution in [-0.4, -0.2) is 6.71 Å². The molecule has 3 heterocycles. The molecule has 12 rings (SSSR count). The van der Waals surface area contributed by atoms with Gasteiger partial charge in [0.2, 0.25) is 0 Å². The van der Waals surface area contributed by atoms with Gasteiger partial charge in [0.05, 0.1) is 11.3 Å². The molecule has 0 amide bonds. The van der Waals surface area contributed by atoms with Crippen LogP contribution in [0.2, 0.25) is 0 Å². The van der Waals surface area contributed by atoms with Crippen molar-refractivity contribution in [2.75, 3.05) is 9.80 Å². The maximum atomic E-state index is 7.80. The Kier molecular flexibility index (Phi) is 9.77. The summed E-state index contributed by atoms with van der Waals surface area (Å²) in [5, 5.41) is 1.24. The minimum Gasteiger partial charge on any atom is -0.468 e. The molecule has 72 heavy (non-hydrogen) atoms. The van der Waals surface area contributed by atoms with Crippen LogP contribution in [0, 0.1) is 0 Å². The van der Waals surface area contributed by atoms with Gasteiger partial charge in [-0.3, -0.25) is 0 Å². The fraction of sp³-hybridized carbons (Fsp3) is 0.529. The molecule has 6 aliphatic rings. The standard InChI is InChI=1S/C68H85BN2O/c1-60(2,3)40-32-54-57-55(33-40)71(42-21-23-45-47(35-42)64(10,11)27-25-62(45,6)7)58-43-36-48-51(68(18,19)31-28-65(48,12)13)39-56(43)72-59(58)69(57)52-37-49-50(67(16,17)30-29-66(49,14)15)38-53(52)70(54)41-20-22-44-46(34-41)63(8,9)26-24-61(44,4)5/h20-23,32-39H,24-31H2,1-19H3. The molecule has 4 aliphatic carbocycles. The molecule has 376 valence electrons. The molecule has 0 N–H and O–H groups in total. The zero-order valence-electron chi connectivity index (χ0n) is 48.0. The molecular formula is C68H85BN2O. The van der Waals surface area contributed by atoms with Crippen LogP contribution >= 0.6 is 0 Å². The molecule has 0 spiro atoms. The molecular weight excluding hydrogens is 872 g/mol. The molecule has 2 aliphatic heterocycles. The Morgan fingerprint density at radius 3 is 1.24 bits per heavy atom. The summed E-state index contributed by atoms with van der Waals surface area (Å²) in [6.45, 7) is 46.7. The van der Waals surface area contributed by atoms with Crippen LogP contribution in [0.5, 0.6) is 0 Å². The van der Waals surface area contributed by atoms with Gasteiger partial charge < -0.3 is 14.2 Å². The van der Waals surface area contributed by atoms with Crippen molar-refractivity contribution in [1.29, 1.82) is 0 Å². The molecule has 0 bridgehead atoms. The Hall–Kier alpha value is -4.70. The second-order valence-corrected chi connectivity index (χ2v) is 30.5. The molecule has 0 radical (unpaired) electrons. The molecule has 0 atom stereocenters. The van der Waals surface area contributed by atoms with Gasteiger partial charge in [0, 0.05) is 33.8 Å². The first kappa shape index (κ1) is 48.3. The molecule has 4 heteroatoms. The zero-order valence-corrected chi connectivity index (χ0v) is 48.0. The van der Waals surface area contributed by atoms with Crippen molar-refractivity contribution in [2.45, 2.75) is 232 Å². The summed E-state index contributed by atoms with van der Waals surface area (Å²) in [7, 11) is 0. The van der Waals surface area contributed by atoms with Crippen molar-refractivity contribution in [2.24, 2.45) is 0 Å². The maximum Gasteiger partial charge on any atom is 0.297 e. The fourth-order valence-corrected chi connectivity index (χ4v) is 15.0. The monoisotopic (exact) mass is 957 g/mol. The smallest absolute Gasteiger partial charge is 0.297 e. The van der Waals surface area contributed by atoms with E-state index in [9.17, 15) is 0 Å². The number of anilines is 6. The van der Waals surface area contributed by atoms with E-state index in [-0.39, 0.29) is 55.4 Å². The fourth-order valence-electron chi connectivity index (χ4n) is 15.0. The van der Waals surface area contributed by atoms with Gasteiger partial charge in [0.1, 0.15) is 5.58 Å². The van der Waals surface area contributed by atoms with Gasteiger partial charge in [-0.25, -0.2) is 0 Å². The second-order valence-electron chi connectivity index (χ2n) is 30.5. The topological polar surface area (TPSA) is 19.6 Å². The van der Waals surface area contributed by atoms with E-state index in [1.165, 1.54) is 145 Å². The first-order chi connectivity index (χ1) is 33.2. The summed E-state index contributed by atoms with van der Waals surface area (Å²) < 4.78 is 7.80. The van der Waals surface area contributed by atoms with Gasteiger partial charge in [0.15, 0.2) is 0 Å². The Balaban J connectivity index is 1.25. The van der Waals surface area contributed by atoms with Crippen LogP contribution in [-0.2, 0) is 48.7 Å². The molecule has 0 unspecified atom stereocenters. The summed E-state index contributed by atoms with van der Waals surface area (Å²) in [5.41, 5.74) is 26.0. The lowest BCUT2D eigenvalue weighted by atomic mass is 9.35. The molecule has 0 saturated carbocycles. The van der Waals surface area contributed by atoms with Crippen molar-refractivity contribution in [1.82, 2.24) is 0 Å². The van der Waals surface area contributed by atoms with Crippen LogP contribution in [0.25, 0.3) is 11.0 Å². The highest BCUT2D eigenvalue weighted by atomic mass is 16.3. The third kappa shape index (κ3) is 6.80. The Bertz CT molecular complexity index is 3320. The Morgan fingerprint density at radius 2 is 0.778 bits per heavy atom. The number of rotatable bonds is 2. The highest BCUT2D eigenvalue weighted by Crippen LogP contribution is 2.56. The summed E-state index contributed by atoms with van der Waals surface area (Å²) in [4.78, 5) is 5.42. The number of furan rings is 1. The van der Waals surface area contributed by atoms with Crippen LogP contribution < -0.4 is 26.4 Å².